The van der Waals surface area contributed by atoms with Gasteiger partial charge < -0.3 is 4.74 Å². The summed E-state index contributed by atoms with van der Waals surface area (Å²) in [5.41, 5.74) is 1.04. The molecule has 0 spiro atoms. The summed E-state index contributed by atoms with van der Waals surface area (Å²) in [6.45, 7) is 2.52. The minimum absolute atomic E-state index is 0.0405. The van der Waals surface area contributed by atoms with E-state index < -0.39 is 0 Å². The minimum Gasteiger partial charge on any atom is -0.461 e. The molecule has 0 saturated carbocycles. The molecule has 90 valence electrons. The number of benzene rings is 1. The Kier molecular flexibility index (Phi) is 3.97. The molecule has 2 heteroatoms. The Bertz CT molecular complexity index is 395. The van der Waals surface area contributed by atoms with Gasteiger partial charge in [0.05, 0.1) is 5.92 Å². The maximum absolute atomic E-state index is 11.9. The van der Waals surface area contributed by atoms with Gasteiger partial charge in [-0.1, -0.05) is 49.4 Å². The van der Waals surface area contributed by atoms with Gasteiger partial charge in [0.15, 0.2) is 0 Å². The monoisotopic (exact) mass is 230 g/mol. The maximum Gasteiger partial charge on any atom is 0.309 e. The van der Waals surface area contributed by atoms with Gasteiger partial charge in [-0.3, -0.25) is 4.79 Å². The van der Waals surface area contributed by atoms with Crippen molar-refractivity contribution in [3.63, 3.8) is 0 Å². The quantitative estimate of drug-likeness (QED) is 0.588. The molecule has 1 aliphatic carbocycles. The SMILES string of the molecule is C[C@@H]1C=CC[C@@H](C(=O)OCc2ccccc2)C1. The van der Waals surface area contributed by atoms with Crippen molar-refractivity contribution in [3.8, 4) is 0 Å². The fourth-order valence-electron chi connectivity index (χ4n) is 2.14. The van der Waals surface area contributed by atoms with Gasteiger partial charge in [-0.05, 0) is 24.3 Å². The Hall–Kier alpha value is -1.57. The summed E-state index contributed by atoms with van der Waals surface area (Å²) in [5, 5.41) is 0. The summed E-state index contributed by atoms with van der Waals surface area (Å²) in [5.74, 6) is 0.460. The van der Waals surface area contributed by atoms with E-state index in [0.29, 0.717) is 12.5 Å². The number of rotatable bonds is 3. The molecule has 2 nitrogen and oxygen atoms in total. The highest BCUT2D eigenvalue weighted by atomic mass is 16.5. The lowest BCUT2D eigenvalue weighted by molar-refractivity contribution is -0.150. The summed E-state index contributed by atoms with van der Waals surface area (Å²) in [4.78, 5) is 11.9. The van der Waals surface area contributed by atoms with Crippen molar-refractivity contribution in [1.82, 2.24) is 0 Å². The zero-order valence-corrected chi connectivity index (χ0v) is 10.1. The molecule has 2 atom stereocenters. The van der Waals surface area contributed by atoms with Crippen molar-refractivity contribution in [1.29, 1.82) is 0 Å². The number of carbonyl (C=O) groups excluding carboxylic acids is 1. The molecule has 1 aliphatic rings. The van der Waals surface area contributed by atoms with Crippen molar-refractivity contribution >= 4 is 5.97 Å². The molecule has 1 aromatic carbocycles. The number of esters is 1. The van der Waals surface area contributed by atoms with Gasteiger partial charge in [-0.25, -0.2) is 0 Å². The van der Waals surface area contributed by atoms with Crippen molar-refractivity contribution in [2.45, 2.75) is 26.4 Å². The molecular weight excluding hydrogens is 212 g/mol. The Morgan fingerprint density at radius 2 is 2.12 bits per heavy atom. The summed E-state index contributed by atoms with van der Waals surface area (Å²) < 4.78 is 5.34. The maximum atomic E-state index is 11.9. The fourth-order valence-corrected chi connectivity index (χ4v) is 2.14. The van der Waals surface area contributed by atoms with Crippen LogP contribution in [-0.2, 0) is 16.1 Å². The molecule has 0 aliphatic heterocycles. The second-order valence-corrected chi connectivity index (χ2v) is 4.67. The van der Waals surface area contributed by atoms with E-state index in [1.165, 1.54) is 0 Å². The second kappa shape index (κ2) is 5.67. The van der Waals surface area contributed by atoms with Crippen LogP contribution in [0.1, 0.15) is 25.3 Å². The average molecular weight is 230 g/mol. The first-order valence-electron chi connectivity index (χ1n) is 6.13. The van der Waals surface area contributed by atoms with Gasteiger partial charge in [0.1, 0.15) is 6.61 Å². The van der Waals surface area contributed by atoms with E-state index in [1.807, 2.05) is 30.3 Å². The van der Waals surface area contributed by atoms with Crippen molar-refractivity contribution in [2.24, 2.45) is 11.8 Å². The average Bonchev–Trinajstić information content (AvgIpc) is 2.37. The van der Waals surface area contributed by atoms with Crippen LogP contribution in [0.25, 0.3) is 0 Å². The topological polar surface area (TPSA) is 26.3 Å². The van der Waals surface area contributed by atoms with Gasteiger partial charge >= 0.3 is 5.97 Å². The van der Waals surface area contributed by atoms with Crippen LogP contribution < -0.4 is 0 Å². The van der Waals surface area contributed by atoms with Crippen LogP contribution in [0.2, 0.25) is 0 Å². The lowest BCUT2D eigenvalue weighted by atomic mass is 9.88. The van der Waals surface area contributed by atoms with E-state index in [2.05, 4.69) is 19.1 Å². The fraction of sp³-hybridized carbons (Fsp3) is 0.400. The summed E-state index contributed by atoms with van der Waals surface area (Å²) in [6, 6.07) is 9.80. The predicted octanol–water partition coefficient (Wildman–Crippen LogP) is 3.33. The number of allylic oxidation sites excluding steroid dienone is 2. The van der Waals surface area contributed by atoms with E-state index in [1.54, 1.807) is 0 Å². The molecule has 0 bridgehead atoms. The number of hydrogen-bond acceptors (Lipinski definition) is 2. The minimum atomic E-state index is -0.0648. The predicted molar refractivity (Wildman–Crippen MR) is 67.3 cm³/mol. The summed E-state index contributed by atoms with van der Waals surface area (Å²) in [6.07, 6.45) is 5.98. The normalized spacial score (nSPS) is 23.4. The van der Waals surface area contributed by atoms with Gasteiger partial charge in [0.2, 0.25) is 0 Å². The van der Waals surface area contributed by atoms with Gasteiger partial charge in [-0.15, -0.1) is 0 Å². The van der Waals surface area contributed by atoms with E-state index in [9.17, 15) is 4.79 Å². The lowest BCUT2D eigenvalue weighted by Gasteiger charge is -2.20. The van der Waals surface area contributed by atoms with Crippen LogP contribution in [0.5, 0.6) is 0 Å². The third kappa shape index (κ3) is 3.45. The van der Waals surface area contributed by atoms with E-state index >= 15 is 0 Å². The Morgan fingerprint density at radius 1 is 1.35 bits per heavy atom. The third-order valence-corrected chi connectivity index (χ3v) is 3.10. The number of carbonyl (C=O) groups is 1. The molecule has 0 radical (unpaired) electrons. The Morgan fingerprint density at radius 3 is 2.82 bits per heavy atom. The zero-order chi connectivity index (χ0) is 12.1. The van der Waals surface area contributed by atoms with Gasteiger partial charge in [0.25, 0.3) is 0 Å². The van der Waals surface area contributed by atoms with E-state index in [0.717, 1.165) is 18.4 Å². The van der Waals surface area contributed by atoms with Crippen LogP contribution in [0.3, 0.4) is 0 Å². The van der Waals surface area contributed by atoms with Crippen molar-refractivity contribution in [2.75, 3.05) is 0 Å². The van der Waals surface area contributed by atoms with E-state index in [-0.39, 0.29) is 11.9 Å². The Labute approximate surface area is 102 Å². The highest BCUT2D eigenvalue weighted by Crippen LogP contribution is 2.24. The van der Waals surface area contributed by atoms with Crippen LogP contribution in [-0.4, -0.2) is 5.97 Å². The molecule has 17 heavy (non-hydrogen) atoms. The molecule has 2 rings (SSSR count). The first-order chi connectivity index (χ1) is 8.25. The largest absolute Gasteiger partial charge is 0.461 e. The first-order valence-corrected chi connectivity index (χ1v) is 6.13. The number of hydrogen-bond donors (Lipinski definition) is 0. The molecule has 0 amide bonds. The smallest absolute Gasteiger partial charge is 0.309 e. The number of ether oxygens (including phenoxy) is 1. The summed E-state index contributed by atoms with van der Waals surface area (Å²) >= 11 is 0. The molecule has 0 N–H and O–H groups in total. The van der Waals surface area contributed by atoms with Gasteiger partial charge in [-0.2, -0.15) is 0 Å². The lowest BCUT2D eigenvalue weighted by Crippen LogP contribution is -2.21. The molecular formula is C15H18O2. The molecule has 0 heterocycles. The molecule has 0 saturated heterocycles. The third-order valence-electron chi connectivity index (χ3n) is 3.10. The molecule has 0 fully saturated rings. The van der Waals surface area contributed by atoms with E-state index in [4.69, 9.17) is 4.74 Å². The zero-order valence-electron chi connectivity index (χ0n) is 10.1. The van der Waals surface area contributed by atoms with Crippen LogP contribution in [0, 0.1) is 11.8 Å². The van der Waals surface area contributed by atoms with Crippen LogP contribution in [0.15, 0.2) is 42.5 Å². The van der Waals surface area contributed by atoms with Crippen LogP contribution in [0.4, 0.5) is 0 Å². The first kappa shape index (κ1) is 11.9. The molecule has 0 aromatic heterocycles. The van der Waals surface area contributed by atoms with Crippen molar-refractivity contribution < 1.29 is 9.53 Å². The second-order valence-electron chi connectivity index (χ2n) is 4.67. The van der Waals surface area contributed by atoms with Gasteiger partial charge in [0, 0.05) is 0 Å². The molecule has 0 unspecified atom stereocenters. The highest BCUT2D eigenvalue weighted by molar-refractivity contribution is 5.72. The molecule has 1 aromatic rings. The Balaban J connectivity index is 1.84. The standard InChI is InChI=1S/C15H18O2/c1-12-6-5-9-14(10-12)15(16)17-11-13-7-3-2-4-8-13/h2-8,12,14H,9-11H2,1H3/t12-,14-/m1/s1. The van der Waals surface area contributed by atoms with Crippen molar-refractivity contribution in [3.05, 3.63) is 48.0 Å². The van der Waals surface area contributed by atoms with Crippen LogP contribution >= 0.6 is 0 Å². The highest BCUT2D eigenvalue weighted by Gasteiger charge is 2.23. The summed E-state index contributed by atoms with van der Waals surface area (Å²) in [7, 11) is 0.